The maximum absolute atomic E-state index is 14.5. The lowest BCUT2D eigenvalue weighted by Crippen LogP contribution is -2.31. The highest BCUT2D eigenvalue weighted by atomic mass is 79.9. The molecule has 0 bridgehead atoms. The van der Waals surface area contributed by atoms with Crippen LogP contribution >= 0.6 is 27.7 Å². The number of pyridine rings is 1. The first kappa shape index (κ1) is 23.4. The lowest BCUT2D eigenvalue weighted by molar-refractivity contribution is 0.250. The molecule has 3 rings (SSSR count). The number of urea groups is 1. The van der Waals surface area contributed by atoms with Crippen molar-refractivity contribution in [1.29, 1.82) is 0 Å². The van der Waals surface area contributed by atoms with E-state index in [-0.39, 0.29) is 11.1 Å². The number of anilines is 1. The molecule has 0 aliphatic carbocycles. The van der Waals surface area contributed by atoms with Gasteiger partial charge in [0.25, 0.3) is 0 Å². The summed E-state index contributed by atoms with van der Waals surface area (Å²) in [6.07, 6.45) is 4.45. The Morgan fingerprint density at radius 1 is 1.19 bits per heavy atom. The van der Waals surface area contributed by atoms with Crippen molar-refractivity contribution < 1.29 is 9.18 Å². The highest BCUT2D eigenvalue weighted by Gasteiger charge is 2.16. The summed E-state index contributed by atoms with van der Waals surface area (Å²) in [5, 5.41) is 6.82. The Hall–Kier alpha value is -2.26. The number of aryl methyl sites for hydroxylation is 1. The topological polar surface area (TPSA) is 79.8 Å². The van der Waals surface area contributed by atoms with Crippen molar-refractivity contribution in [3.05, 3.63) is 40.4 Å². The predicted molar refractivity (Wildman–Crippen MR) is 128 cm³/mol. The minimum absolute atomic E-state index is 0.0972. The lowest BCUT2D eigenvalue weighted by atomic mass is 9.92. The second-order valence-corrected chi connectivity index (χ2v) is 10.0. The van der Waals surface area contributed by atoms with Crippen molar-refractivity contribution in [2.75, 3.05) is 18.1 Å². The van der Waals surface area contributed by atoms with Gasteiger partial charge in [-0.25, -0.2) is 24.1 Å². The van der Waals surface area contributed by atoms with E-state index in [2.05, 4.69) is 62.3 Å². The first-order chi connectivity index (χ1) is 14.6. The predicted octanol–water partition coefficient (Wildman–Crippen LogP) is 6.18. The molecular formula is C22H25BrFN5OS. The molecule has 0 aliphatic heterocycles. The van der Waals surface area contributed by atoms with E-state index in [1.165, 1.54) is 17.8 Å². The average Bonchev–Trinajstić information content (AvgIpc) is 2.68. The zero-order chi connectivity index (χ0) is 22.8. The standard InChI is InChI=1S/C22H25BrFN5OS/c1-12-14(8-13-11-26-21(31-5)29-19(13)27-12)15-9-18(17(24)10-16(15)23)28-20(30)25-7-6-22(2,3)4/h8-11H,6-7H2,1-5H3,(H2,25,28,30). The Kier molecular flexibility index (Phi) is 7.16. The van der Waals surface area contributed by atoms with Gasteiger partial charge in [-0.15, -0.1) is 0 Å². The fourth-order valence-electron chi connectivity index (χ4n) is 2.98. The second kappa shape index (κ2) is 9.48. The van der Waals surface area contributed by atoms with Crippen molar-refractivity contribution in [3.8, 4) is 11.1 Å². The summed E-state index contributed by atoms with van der Waals surface area (Å²) in [5.41, 5.74) is 3.06. The van der Waals surface area contributed by atoms with Crippen LogP contribution in [0.2, 0.25) is 0 Å². The lowest BCUT2D eigenvalue weighted by Gasteiger charge is -2.18. The van der Waals surface area contributed by atoms with Gasteiger partial charge in [0, 0.05) is 33.9 Å². The highest BCUT2D eigenvalue weighted by molar-refractivity contribution is 9.10. The van der Waals surface area contributed by atoms with E-state index < -0.39 is 11.8 Å². The van der Waals surface area contributed by atoms with Crippen LogP contribution in [0.25, 0.3) is 22.2 Å². The SMILES string of the molecule is CSc1ncc2cc(-c3cc(NC(=O)NCCC(C)(C)C)c(F)cc3Br)c(C)nc2n1. The molecule has 0 saturated heterocycles. The van der Waals surface area contributed by atoms with Crippen LogP contribution in [-0.4, -0.2) is 33.8 Å². The Balaban J connectivity index is 1.90. The molecule has 0 spiro atoms. The Morgan fingerprint density at radius 3 is 2.61 bits per heavy atom. The summed E-state index contributed by atoms with van der Waals surface area (Å²) in [5.74, 6) is -0.527. The van der Waals surface area contributed by atoms with Crippen molar-refractivity contribution in [2.24, 2.45) is 5.41 Å². The van der Waals surface area contributed by atoms with E-state index in [0.29, 0.717) is 27.4 Å². The fraction of sp³-hybridized carbons (Fsp3) is 0.364. The minimum Gasteiger partial charge on any atom is -0.338 e. The summed E-state index contributed by atoms with van der Waals surface area (Å²) in [4.78, 5) is 25.6. The summed E-state index contributed by atoms with van der Waals surface area (Å²) in [6.45, 7) is 8.67. The molecule has 2 heterocycles. The minimum atomic E-state index is -0.527. The molecule has 2 N–H and O–H groups in total. The second-order valence-electron chi connectivity index (χ2n) is 8.39. The molecule has 164 valence electrons. The first-order valence-electron chi connectivity index (χ1n) is 9.80. The van der Waals surface area contributed by atoms with E-state index in [4.69, 9.17) is 0 Å². The van der Waals surface area contributed by atoms with Crippen LogP contribution in [0.5, 0.6) is 0 Å². The molecule has 3 aromatic rings. The number of rotatable bonds is 5. The zero-order valence-corrected chi connectivity index (χ0v) is 20.5. The van der Waals surface area contributed by atoms with Gasteiger partial charge in [-0.05, 0) is 48.8 Å². The Morgan fingerprint density at radius 2 is 1.94 bits per heavy atom. The maximum atomic E-state index is 14.5. The van der Waals surface area contributed by atoms with Gasteiger partial charge < -0.3 is 10.6 Å². The number of nitrogens with zero attached hydrogens (tertiary/aromatic N) is 3. The number of carbonyl (C=O) groups is 1. The molecule has 0 aliphatic rings. The average molecular weight is 506 g/mol. The number of fused-ring (bicyclic) bond motifs is 1. The van der Waals surface area contributed by atoms with E-state index in [9.17, 15) is 9.18 Å². The van der Waals surface area contributed by atoms with Crippen molar-refractivity contribution >= 4 is 50.4 Å². The normalized spacial score (nSPS) is 11.6. The van der Waals surface area contributed by atoms with E-state index in [1.54, 1.807) is 12.3 Å². The number of aromatic nitrogens is 3. The molecule has 0 unspecified atom stereocenters. The molecule has 6 nitrogen and oxygen atoms in total. The molecule has 0 saturated carbocycles. The molecule has 2 amide bonds. The van der Waals surface area contributed by atoms with Gasteiger partial charge >= 0.3 is 6.03 Å². The van der Waals surface area contributed by atoms with E-state index >= 15 is 0 Å². The number of carbonyl (C=O) groups excluding carboxylic acids is 1. The fourth-order valence-corrected chi connectivity index (χ4v) is 3.84. The van der Waals surface area contributed by atoms with Gasteiger partial charge in [0.15, 0.2) is 10.8 Å². The van der Waals surface area contributed by atoms with E-state index in [0.717, 1.165) is 23.1 Å². The highest BCUT2D eigenvalue weighted by Crippen LogP contribution is 2.35. The first-order valence-corrected chi connectivity index (χ1v) is 11.8. The number of hydrogen-bond acceptors (Lipinski definition) is 5. The molecule has 2 aromatic heterocycles. The smallest absolute Gasteiger partial charge is 0.319 e. The van der Waals surface area contributed by atoms with Gasteiger partial charge in [0.1, 0.15) is 5.82 Å². The molecular weight excluding hydrogens is 481 g/mol. The summed E-state index contributed by atoms with van der Waals surface area (Å²) >= 11 is 4.89. The summed E-state index contributed by atoms with van der Waals surface area (Å²) < 4.78 is 15.1. The third-order valence-electron chi connectivity index (χ3n) is 4.68. The number of thioether (sulfide) groups is 1. The van der Waals surface area contributed by atoms with Gasteiger partial charge in [-0.1, -0.05) is 48.5 Å². The number of nitrogens with one attached hydrogen (secondary N) is 2. The van der Waals surface area contributed by atoms with Crippen LogP contribution in [-0.2, 0) is 0 Å². The van der Waals surface area contributed by atoms with Crippen LogP contribution in [0.15, 0.2) is 34.0 Å². The molecule has 0 fully saturated rings. The van der Waals surface area contributed by atoms with Crippen LogP contribution in [0.4, 0.5) is 14.9 Å². The number of amides is 2. The van der Waals surface area contributed by atoms with Gasteiger partial charge in [-0.3, -0.25) is 0 Å². The Bertz CT molecular complexity index is 1130. The zero-order valence-electron chi connectivity index (χ0n) is 18.1. The monoisotopic (exact) mass is 505 g/mol. The molecule has 1 aromatic carbocycles. The van der Waals surface area contributed by atoms with Gasteiger partial charge in [0.2, 0.25) is 0 Å². The molecule has 0 atom stereocenters. The molecule has 31 heavy (non-hydrogen) atoms. The third-order valence-corrected chi connectivity index (χ3v) is 5.89. The summed E-state index contributed by atoms with van der Waals surface area (Å²) in [6, 6.07) is 4.43. The van der Waals surface area contributed by atoms with Crippen LogP contribution in [0, 0.1) is 18.2 Å². The van der Waals surface area contributed by atoms with E-state index in [1.807, 2.05) is 19.2 Å². The quantitative estimate of drug-likeness (QED) is 0.319. The number of benzene rings is 1. The van der Waals surface area contributed by atoms with Gasteiger partial charge in [0.05, 0.1) is 5.69 Å². The maximum Gasteiger partial charge on any atom is 0.319 e. The molecule has 0 radical (unpaired) electrons. The number of halogens is 2. The number of hydrogen-bond donors (Lipinski definition) is 2. The van der Waals surface area contributed by atoms with Crippen LogP contribution in [0.1, 0.15) is 32.9 Å². The third kappa shape index (κ3) is 5.92. The van der Waals surface area contributed by atoms with Crippen LogP contribution in [0.3, 0.4) is 0 Å². The Labute approximate surface area is 194 Å². The van der Waals surface area contributed by atoms with Crippen molar-refractivity contribution in [1.82, 2.24) is 20.3 Å². The van der Waals surface area contributed by atoms with Gasteiger partial charge in [-0.2, -0.15) is 0 Å². The van der Waals surface area contributed by atoms with Crippen LogP contribution < -0.4 is 10.6 Å². The van der Waals surface area contributed by atoms with Crippen molar-refractivity contribution in [2.45, 2.75) is 39.3 Å². The molecule has 9 heteroatoms. The summed E-state index contributed by atoms with van der Waals surface area (Å²) in [7, 11) is 0. The largest absolute Gasteiger partial charge is 0.338 e. The van der Waals surface area contributed by atoms with Crippen molar-refractivity contribution in [3.63, 3.8) is 0 Å².